The number of hydrogen-bond donors (Lipinski definition) is 0. The highest BCUT2D eigenvalue weighted by Crippen LogP contribution is 2.19. The Labute approximate surface area is 143 Å². The summed E-state index contributed by atoms with van der Waals surface area (Å²) in [7, 11) is -1.23. The van der Waals surface area contributed by atoms with E-state index in [-0.39, 0.29) is 17.7 Å². The first-order chi connectivity index (χ1) is 11.5. The molecule has 2 aliphatic rings. The lowest BCUT2D eigenvalue weighted by molar-refractivity contribution is -0.132. The quantitative estimate of drug-likeness (QED) is 0.793. The third-order valence-corrected chi connectivity index (χ3v) is 6.66. The normalized spacial score (nSPS) is 24.0. The van der Waals surface area contributed by atoms with Gasteiger partial charge in [-0.25, -0.2) is 8.42 Å². The molecule has 0 spiro atoms. The lowest BCUT2D eigenvalue weighted by atomic mass is 10.1. The van der Waals surface area contributed by atoms with Crippen LogP contribution in [0.3, 0.4) is 0 Å². The number of carbonyl (C=O) groups excluding carboxylic acids is 1. The second-order valence-electron chi connectivity index (χ2n) is 6.50. The van der Waals surface area contributed by atoms with Gasteiger partial charge in [0.05, 0.1) is 25.0 Å². The molecule has 0 unspecified atom stereocenters. The fourth-order valence-corrected chi connectivity index (χ4v) is 5.19. The fraction of sp³-hybridized carbons (Fsp3) is 0.588. The summed E-state index contributed by atoms with van der Waals surface area (Å²) < 4.78 is 28.3. The zero-order valence-corrected chi connectivity index (χ0v) is 14.8. The van der Waals surface area contributed by atoms with Crippen molar-refractivity contribution in [2.45, 2.75) is 18.9 Å². The molecule has 1 amide bonds. The highest BCUT2D eigenvalue weighted by Gasteiger charge is 2.34. The SMILES string of the molecule is COc1ccc(CC(=O)N2CCN([C@@H]3CCS(=O)(=O)C3)CC2)cc1. The van der Waals surface area contributed by atoms with Crippen LogP contribution in [-0.2, 0) is 21.1 Å². The van der Waals surface area contributed by atoms with Crippen molar-refractivity contribution in [1.29, 1.82) is 0 Å². The number of sulfone groups is 1. The van der Waals surface area contributed by atoms with Crippen molar-refractivity contribution in [3.05, 3.63) is 29.8 Å². The minimum absolute atomic E-state index is 0.124. The van der Waals surface area contributed by atoms with E-state index in [2.05, 4.69) is 4.90 Å². The van der Waals surface area contributed by atoms with Gasteiger partial charge in [-0.15, -0.1) is 0 Å². The van der Waals surface area contributed by atoms with Gasteiger partial charge >= 0.3 is 0 Å². The Hall–Kier alpha value is -1.60. The Kier molecular flexibility index (Phi) is 5.10. The molecule has 1 aromatic carbocycles. The van der Waals surface area contributed by atoms with Crippen LogP contribution in [0.1, 0.15) is 12.0 Å². The smallest absolute Gasteiger partial charge is 0.227 e. The fourth-order valence-electron chi connectivity index (χ4n) is 3.43. The molecular weight excluding hydrogens is 328 g/mol. The second-order valence-corrected chi connectivity index (χ2v) is 8.73. The average Bonchev–Trinajstić information content (AvgIpc) is 2.95. The summed E-state index contributed by atoms with van der Waals surface area (Å²) in [6, 6.07) is 7.68. The van der Waals surface area contributed by atoms with Crippen molar-refractivity contribution in [2.24, 2.45) is 0 Å². The molecule has 2 heterocycles. The van der Waals surface area contributed by atoms with Crippen LogP contribution >= 0.6 is 0 Å². The molecule has 24 heavy (non-hydrogen) atoms. The molecule has 2 fully saturated rings. The minimum atomic E-state index is -2.85. The predicted octanol–water partition coefficient (Wildman–Crippen LogP) is 0.569. The summed E-state index contributed by atoms with van der Waals surface area (Å²) in [6.07, 6.45) is 1.12. The van der Waals surface area contributed by atoms with E-state index in [0.29, 0.717) is 25.3 Å². The number of hydrogen-bond acceptors (Lipinski definition) is 5. The van der Waals surface area contributed by atoms with Gasteiger partial charge in [-0.05, 0) is 24.1 Å². The van der Waals surface area contributed by atoms with Gasteiger partial charge in [-0.2, -0.15) is 0 Å². The molecule has 132 valence electrons. The maximum absolute atomic E-state index is 12.4. The molecule has 1 aromatic rings. The molecule has 2 aliphatic heterocycles. The molecule has 0 bridgehead atoms. The molecular formula is C17H24N2O4S. The molecule has 0 aliphatic carbocycles. The van der Waals surface area contributed by atoms with Crippen LogP contribution < -0.4 is 4.74 Å². The summed E-state index contributed by atoms with van der Waals surface area (Å²) in [4.78, 5) is 16.5. The Morgan fingerprint density at radius 1 is 1.17 bits per heavy atom. The van der Waals surface area contributed by atoms with Gasteiger partial charge < -0.3 is 9.64 Å². The molecule has 0 saturated carbocycles. The molecule has 0 radical (unpaired) electrons. The van der Waals surface area contributed by atoms with Gasteiger partial charge in [0.25, 0.3) is 0 Å². The van der Waals surface area contributed by atoms with Crippen LogP contribution in [0.2, 0.25) is 0 Å². The molecule has 2 saturated heterocycles. The lowest BCUT2D eigenvalue weighted by Crippen LogP contribution is -2.52. The summed E-state index contributed by atoms with van der Waals surface area (Å²) in [5.41, 5.74) is 0.977. The first kappa shape index (κ1) is 17.2. The number of benzene rings is 1. The number of rotatable bonds is 4. The number of ether oxygens (including phenoxy) is 1. The maximum atomic E-state index is 12.4. The summed E-state index contributed by atoms with van der Waals surface area (Å²) >= 11 is 0. The highest BCUT2D eigenvalue weighted by atomic mass is 32.2. The molecule has 7 heteroatoms. The zero-order chi connectivity index (χ0) is 17.2. The van der Waals surface area contributed by atoms with Crippen LogP contribution in [0.25, 0.3) is 0 Å². The van der Waals surface area contributed by atoms with Crippen molar-refractivity contribution in [3.63, 3.8) is 0 Å². The van der Waals surface area contributed by atoms with Crippen molar-refractivity contribution < 1.29 is 17.9 Å². The third-order valence-electron chi connectivity index (χ3n) is 4.91. The summed E-state index contributed by atoms with van der Waals surface area (Å²) in [6.45, 7) is 2.86. The van der Waals surface area contributed by atoms with Gasteiger partial charge in [-0.3, -0.25) is 9.69 Å². The number of nitrogens with zero attached hydrogens (tertiary/aromatic N) is 2. The van der Waals surface area contributed by atoms with Crippen LogP contribution in [0.5, 0.6) is 5.75 Å². The largest absolute Gasteiger partial charge is 0.497 e. The van der Waals surface area contributed by atoms with Crippen molar-refractivity contribution in [3.8, 4) is 5.75 Å². The van der Waals surface area contributed by atoms with Crippen LogP contribution in [0, 0.1) is 0 Å². The number of methoxy groups -OCH3 is 1. The lowest BCUT2D eigenvalue weighted by Gasteiger charge is -2.37. The monoisotopic (exact) mass is 352 g/mol. The van der Waals surface area contributed by atoms with Gasteiger partial charge in [-0.1, -0.05) is 12.1 Å². The average molecular weight is 352 g/mol. The van der Waals surface area contributed by atoms with Crippen molar-refractivity contribution >= 4 is 15.7 Å². The Morgan fingerprint density at radius 2 is 1.83 bits per heavy atom. The maximum Gasteiger partial charge on any atom is 0.227 e. The van der Waals surface area contributed by atoms with E-state index in [1.165, 1.54) is 0 Å². The molecule has 6 nitrogen and oxygen atoms in total. The van der Waals surface area contributed by atoms with E-state index in [0.717, 1.165) is 30.8 Å². The van der Waals surface area contributed by atoms with Crippen LogP contribution in [0.15, 0.2) is 24.3 Å². The van der Waals surface area contributed by atoms with Gasteiger partial charge in [0.15, 0.2) is 9.84 Å². The van der Waals surface area contributed by atoms with E-state index in [4.69, 9.17) is 4.74 Å². The van der Waals surface area contributed by atoms with Gasteiger partial charge in [0, 0.05) is 32.2 Å². The Bertz CT molecular complexity index is 679. The summed E-state index contributed by atoms with van der Waals surface area (Å²) in [5.74, 6) is 1.48. The van der Waals surface area contributed by atoms with E-state index in [1.54, 1.807) is 7.11 Å². The van der Waals surface area contributed by atoms with E-state index in [9.17, 15) is 13.2 Å². The molecule has 0 N–H and O–H groups in total. The predicted molar refractivity (Wildman–Crippen MR) is 91.9 cm³/mol. The van der Waals surface area contributed by atoms with Crippen molar-refractivity contribution in [2.75, 3.05) is 44.8 Å². The Morgan fingerprint density at radius 3 is 2.38 bits per heavy atom. The van der Waals surface area contributed by atoms with Crippen LogP contribution in [-0.4, -0.2) is 75.0 Å². The number of piperazine rings is 1. The van der Waals surface area contributed by atoms with Gasteiger partial charge in [0.2, 0.25) is 5.91 Å². The number of amides is 1. The van der Waals surface area contributed by atoms with E-state index >= 15 is 0 Å². The standard InChI is InChI=1S/C17H24N2O4S/c1-23-16-4-2-14(3-5-16)12-17(20)19-9-7-18(8-10-19)15-6-11-24(21,22)13-15/h2-5,15H,6-13H2,1H3/t15-/m1/s1. The van der Waals surface area contributed by atoms with Gasteiger partial charge in [0.1, 0.15) is 5.75 Å². The minimum Gasteiger partial charge on any atom is -0.497 e. The third kappa shape index (κ3) is 4.08. The zero-order valence-electron chi connectivity index (χ0n) is 14.0. The van der Waals surface area contributed by atoms with E-state index < -0.39 is 9.84 Å². The Balaban J connectivity index is 1.49. The van der Waals surface area contributed by atoms with Crippen LogP contribution in [0.4, 0.5) is 0 Å². The topological polar surface area (TPSA) is 66.9 Å². The van der Waals surface area contributed by atoms with E-state index in [1.807, 2.05) is 29.2 Å². The van der Waals surface area contributed by atoms with Crippen molar-refractivity contribution in [1.82, 2.24) is 9.80 Å². The molecule has 3 rings (SSSR count). The highest BCUT2D eigenvalue weighted by molar-refractivity contribution is 7.91. The molecule has 0 aromatic heterocycles. The number of carbonyl (C=O) groups is 1. The summed E-state index contributed by atoms with van der Waals surface area (Å²) in [5, 5.41) is 0. The first-order valence-corrected chi connectivity index (χ1v) is 10.1. The second kappa shape index (κ2) is 7.11. The molecule has 1 atom stereocenters. The first-order valence-electron chi connectivity index (χ1n) is 8.32.